The van der Waals surface area contributed by atoms with Crippen molar-refractivity contribution in [3.8, 4) is 0 Å². The Hall–Kier alpha value is -1.48. The van der Waals surface area contributed by atoms with Crippen molar-refractivity contribution in [2.24, 2.45) is 0 Å². The molecule has 2 aromatic rings. The summed E-state index contributed by atoms with van der Waals surface area (Å²) in [5, 5.41) is 0.910. The molecule has 1 aromatic heterocycles. The SMILES string of the molecule is Nc1c(Cl)c2ccccc2oc1=O. The van der Waals surface area contributed by atoms with Crippen molar-refractivity contribution in [2.75, 3.05) is 5.73 Å². The van der Waals surface area contributed by atoms with Crippen LogP contribution >= 0.6 is 11.6 Å². The van der Waals surface area contributed by atoms with Gasteiger partial charge in [-0.25, -0.2) is 4.79 Å². The Morgan fingerprint density at radius 2 is 2.00 bits per heavy atom. The predicted molar refractivity (Wildman–Crippen MR) is 51.9 cm³/mol. The second-order valence-electron chi connectivity index (χ2n) is 2.61. The van der Waals surface area contributed by atoms with E-state index in [0.717, 1.165) is 0 Å². The highest BCUT2D eigenvalue weighted by atomic mass is 35.5. The zero-order valence-electron chi connectivity index (χ0n) is 6.58. The molecule has 0 atom stereocenters. The number of nitrogens with two attached hydrogens (primary N) is 1. The summed E-state index contributed by atoms with van der Waals surface area (Å²) in [6.07, 6.45) is 0. The maximum Gasteiger partial charge on any atom is 0.361 e. The van der Waals surface area contributed by atoms with Crippen LogP contribution in [0.1, 0.15) is 0 Å². The number of benzene rings is 1. The number of anilines is 1. The topological polar surface area (TPSA) is 56.2 Å². The first-order valence-corrected chi connectivity index (χ1v) is 4.05. The van der Waals surface area contributed by atoms with Crippen molar-refractivity contribution in [3.05, 3.63) is 39.7 Å². The molecule has 3 nitrogen and oxygen atoms in total. The Bertz CT molecular complexity index is 518. The highest BCUT2D eigenvalue weighted by Crippen LogP contribution is 2.25. The van der Waals surface area contributed by atoms with Crippen molar-refractivity contribution in [2.45, 2.75) is 0 Å². The van der Waals surface area contributed by atoms with Gasteiger partial charge in [0, 0.05) is 5.39 Å². The van der Waals surface area contributed by atoms with Crippen molar-refractivity contribution in [3.63, 3.8) is 0 Å². The second kappa shape index (κ2) is 2.78. The number of para-hydroxylation sites is 1. The molecule has 2 rings (SSSR count). The van der Waals surface area contributed by atoms with Gasteiger partial charge in [-0.2, -0.15) is 0 Å². The minimum atomic E-state index is -0.594. The van der Waals surface area contributed by atoms with Crippen LogP contribution in [0.2, 0.25) is 5.02 Å². The molecule has 0 aliphatic heterocycles. The molecule has 0 saturated carbocycles. The summed E-state index contributed by atoms with van der Waals surface area (Å²) < 4.78 is 4.91. The van der Waals surface area contributed by atoms with E-state index < -0.39 is 5.63 Å². The Morgan fingerprint density at radius 3 is 2.77 bits per heavy atom. The van der Waals surface area contributed by atoms with E-state index in [1.165, 1.54) is 0 Å². The average Bonchev–Trinajstić information content (AvgIpc) is 2.15. The van der Waals surface area contributed by atoms with Gasteiger partial charge in [0.15, 0.2) is 0 Å². The molecular weight excluding hydrogens is 190 g/mol. The summed E-state index contributed by atoms with van der Waals surface area (Å²) in [6.45, 7) is 0. The molecule has 1 heterocycles. The predicted octanol–water partition coefficient (Wildman–Crippen LogP) is 2.03. The molecule has 4 heteroatoms. The van der Waals surface area contributed by atoms with Crippen LogP contribution in [0.25, 0.3) is 11.0 Å². The molecule has 0 aliphatic rings. The van der Waals surface area contributed by atoms with Gasteiger partial charge >= 0.3 is 5.63 Å². The largest absolute Gasteiger partial charge is 0.421 e. The van der Waals surface area contributed by atoms with Gasteiger partial charge in [-0.1, -0.05) is 23.7 Å². The van der Waals surface area contributed by atoms with E-state index >= 15 is 0 Å². The zero-order chi connectivity index (χ0) is 9.42. The molecule has 0 spiro atoms. The quantitative estimate of drug-likeness (QED) is 0.655. The smallest absolute Gasteiger partial charge is 0.361 e. The van der Waals surface area contributed by atoms with Crippen LogP contribution in [0.5, 0.6) is 0 Å². The van der Waals surface area contributed by atoms with Crippen LogP contribution in [0.15, 0.2) is 33.5 Å². The molecule has 0 unspecified atom stereocenters. The third-order valence-corrected chi connectivity index (χ3v) is 2.19. The summed E-state index contributed by atoms with van der Waals surface area (Å²) >= 11 is 5.85. The highest BCUT2D eigenvalue weighted by Gasteiger charge is 2.08. The van der Waals surface area contributed by atoms with Crippen LogP contribution in [0.3, 0.4) is 0 Å². The lowest BCUT2D eigenvalue weighted by molar-refractivity contribution is 0.564. The molecule has 0 radical (unpaired) electrons. The van der Waals surface area contributed by atoms with Gasteiger partial charge in [0.2, 0.25) is 0 Å². The van der Waals surface area contributed by atoms with Crippen LogP contribution in [-0.4, -0.2) is 0 Å². The number of halogens is 1. The third-order valence-electron chi connectivity index (χ3n) is 1.78. The van der Waals surface area contributed by atoms with Gasteiger partial charge in [0.05, 0.1) is 5.02 Å². The maximum absolute atomic E-state index is 11.1. The number of fused-ring (bicyclic) bond motifs is 1. The van der Waals surface area contributed by atoms with Crippen molar-refractivity contribution in [1.82, 2.24) is 0 Å². The molecule has 0 aliphatic carbocycles. The number of nitrogen functional groups attached to an aromatic ring is 1. The molecule has 0 saturated heterocycles. The van der Waals surface area contributed by atoms with Gasteiger partial charge < -0.3 is 10.2 Å². The number of rotatable bonds is 0. The van der Waals surface area contributed by atoms with Crippen molar-refractivity contribution >= 4 is 28.3 Å². The monoisotopic (exact) mass is 195 g/mol. The van der Waals surface area contributed by atoms with E-state index in [0.29, 0.717) is 11.0 Å². The van der Waals surface area contributed by atoms with Gasteiger partial charge in [-0.15, -0.1) is 0 Å². The van der Waals surface area contributed by atoms with Gasteiger partial charge in [-0.3, -0.25) is 0 Å². The first-order chi connectivity index (χ1) is 6.20. The Morgan fingerprint density at radius 1 is 1.31 bits per heavy atom. The fourth-order valence-electron chi connectivity index (χ4n) is 1.13. The average molecular weight is 196 g/mol. The second-order valence-corrected chi connectivity index (χ2v) is 2.99. The standard InChI is InChI=1S/C9H6ClNO2/c10-7-5-3-1-2-4-6(5)13-9(12)8(7)11/h1-4H,11H2. The minimum absolute atomic E-state index is 0.0413. The molecule has 13 heavy (non-hydrogen) atoms. The zero-order valence-corrected chi connectivity index (χ0v) is 7.34. The lowest BCUT2D eigenvalue weighted by atomic mass is 10.2. The summed E-state index contributed by atoms with van der Waals surface area (Å²) in [4.78, 5) is 11.1. The van der Waals surface area contributed by atoms with Crippen LogP contribution in [0.4, 0.5) is 5.69 Å². The molecule has 0 amide bonds. The van der Waals surface area contributed by atoms with E-state index in [4.69, 9.17) is 21.8 Å². The summed E-state index contributed by atoms with van der Waals surface area (Å²) in [5.41, 5.74) is 5.23. The molecular formula is C9H6ClNO2. The van der Waals surface area contributed by atoms with E-state index in [9.17, 15) is 4.79 Å². The summed E-state index contributed by atoms with van der Waals surface area (Å²) in [5.74, 6) is 0. The Balaban J connectivity index is 3.02. The molecule has 66 valence electrons. The first-order valence-electron chi connectivity index (χ1n) is 3.67. The van der Waals surface area contributed by atoms with Crippen molar-refractivity contribution in [1.29, 1.82) is 0 Å². The third kappa shape index (κ3) is 1.17. The molecule has 1 aromatic carbocycles. The fourth-order valence-corrected chi connectivity index (χ4v) is 1.36. The van der Waals surface area contributed by atoms with Gasteiger partial charge in [-0.05, 0) is 12.1 Å². The molecule has 0 fully saturated rings. The number of hydrogen-bond donors (Lipinski definition) is 1. The van der Waals surface area contributed by atoms with E-state index in [1.807, 2.05) is 0 Å². The van der Waals surface area contributed by atoms with Gasteiger partial charge in [0.1, 0.15) is 11.3 Å². The molecule has 2 N–H and O–H groups in total. The molecule has 0 bridgehead atoms. The number of hydrogen-bond acceptors (Lipinski definition) is 3. The van der Waals surface area contributed by atoms with E-state index in [-0.39, 0.29) is 10.7 Å². The highest BCUT2D eigenvalue weighted by molar-refractivity contribution is 6.37. The maximum atomic E-state index is 11.1. The summed E-state index contributed by atoms with van der Waals surface area (Å²) in [7, 11) is 0. The summed E-state index contributed by atoms with van der Waals surface area (Å²) in [6, 6.07) is 6.98. The lowest BCUT2D eigenvalue weighted by Crippen LogP contribution is -2.06. The van der Waals surface area contributed by atoms with Crippen molar-refractivity contribution < 1.29 is 4.42 Å². The minimum Gasteiger partial charge on any atom is -0.421 e. The first kappa shape index (κ1) is 8.13. The van der Waals surface area contributed by atoms with Crippen LogP contribution in [-0.2, 0) is 0 Å². The van der Waals surface area contributed by atoms with Gasteiger partial charge in [0.25, 0.3) is 0 Å². The lowest BCUT2D eigenvalue weighted by Gasteiger charge is -2.00. The van der Waals surface area contributed by atoms with Crippen LogP contribution < -0.4 is 11.4 Å². The van der Waals surface area contributed by atoms with E-state index in [1.54, 1.807) is 24.3 Å². The van der Waals surface area contributed by atoms with Crippen LogP contribution in [0, 0.1) is 0 Å². The fraction of sp³-hybridized carbons (Fsp3) is 0. The van der Waals surface area contributed by atoms with E-state index in [2.05, 4.69) is 0 Å². The normalized spacial score (nSPS) is 10.5. The Labute approximate surface area is 78.7 Å². The Kier molecular flexibility index (Phi) is 1.74.